The lowest BCUT2D eigenvalue weighted by Crippen LogP contribution is -2.15. The summed E-state index contributed by atoms with van der Waals surface area (Å²) in [5.74, 6) is -0.122. The van der Waals surface area contributed by atoms with Gasteiger partial charge in [-0.1, -0.05) is 11.8 Å². The molecule has 8 heteroatoms. The minimum absolute atomic E-state index is 0.0369. The molecule has 1 aromatic carbocycles. The molecule has 1 aromatic heterocycles. The van der Waals surface area contributed by atoms with Gasteiger partial charge in [-0.05, 0) is 31.2 Å². The number of benzene rings is 1. The molecule has 0 saturated heterocycles. The number of hydrogen-bond donors (Lipinski definition) is 3. The number of rotatable bonds is 5. The average Bonchev–Trinajstić information content (AvgIpc) is 2.45. The molecule has 2 aromatic rings. The second kappa shape index (κ2) is 6.90. The number of nitrogens with zero attached hydrogens (tertiary/aromatic N) is 1. The molecule has 0 atom stereocenters. The van der Waals surface area contributed by atoms with Gasteiger partial charge in [-0.2, -0.15) is 0 Å². The van der Waals surface area contributed by atoms with E-state index in [1.807, 2.05) is 0 Å². The smallest absolute Gasteiger partial charge is 0.253 e. The monoisotopic (exact) mass is 318 g/mol. The number of thioether (sulfide) groups is 1. The van der Waals surface area contributed by atoms with E-state index in [1.165, 1.54) is 13.0 Å². The second-order valence-corrected chi connectivity index (χ2v) is 5.41. The van der Waals surface area contributed by atoms with Crippen molar-refractivity contribution in [2.75, 3.05) is 16.8 Å². The zero-order valence-corrected chi connectivity index (χ0v) is 12.6. The van der Waals surface area contributed by atoms with Gasteiger partial charge in [-0.3, -0.25) is 14.4 Å². The number of Topliss-reactive ketones (excluding diaryl/α,β-unsaturated/α-hetero) is 1. The molecule has 0 fully saturated rings. The van der Waals surface area contributed by atoms with E-state index in [0.29, 0.717) is 11.3 Å². The van der Waals surface area contributed by atoms with E-state index in [-0.39, 0.29) is 34.0 Å². The summed E-state index contributed by atoms with van der Waals surface area (Å²) < 4.78 is 0. The number of nitrogens with one attached hydrogen (secondary N) is 2. The van der Waals surface area contributed by atoms with Crippen molar-refractivity contribution in [2.24, 2.45) is 0 Å². The molecule has 0 bridgehead atoms. The largest absolute Gasteiger partial charge is 0.383 e. The molecule has 0 saturated carbocycles. The van der Waals surface area contributed by atoms with Gasteiger partial charge in [-0.15, -0.1) is 0 Å². The molecular weight excluding hydrogens is 304 g/mol. The number of ketones is 1. The van der Waals surface area contributed by atoms with Crippen LogP contribution in [0, 0.1) is 0 Å². The predicted octanol–water partition coefficient (Wildman–Crippen LogP) is 1.29. The third-order valence-electron chi connectivity index (χ3n) is 2.65. The average molecular weight is 318 g/mol. The third-order valence-corrected chi connectivity index (χ3v) is 3.53. The van der Waals surface area contributed by atoms with Crippen LogP contribution in [0.5, 0.6) is 0 Å². The van der Waals surface area contributed by atoms with Gasteiger partial charge in [0.2, 0.25) is 5.91 Å². The van der Waals surface area contributed by atoms with Crippen LogP contribution in [0.15, 0.2) is 40.3 Å². The summed E-state index contributed by atoms with van der Waals surface area (Å²) in [5, 5.41) is 2.97. The second-order valence-electron chi connectivity index (χ2n) is 4.45. The Morgan fingerprint density at radius 3 is 2.59 bits per heavy atom. The summed E-state index contributed by atoms with van der Waals surface area (Å²) in [6.45, 7) is 1.48. The Morgan fingerprint density at radius 2 is 2.00 bits per heavy atom. The van der Waals surface area contributed by atoms with Crippen LogP contribution >= 0.6 is 11.8 Å². The normalized spacial score (nSPS) is 10.2. The first-order valence-electron chi connectivity index (χ1n) is 6.34. The maximum absolute atomic E-state index is 11.8. The Balaban J connectivity index is 1.92. The molecule has 1 heterocycles. The number of nitrogens with two attached hydrogens (primary N) is 1. The number of carbonyl (C=O) groups is 2. The van der Waals surface area contributed by atoms with E-state index in [4.69, 9.17) is 5.73 Å². The van der Waals surface area contributed by atoms with Crippen molar-refractivity contribution in [3.63, 3.8) is 0 Å². The Labute approximate surface area is 130 Å². The van der Waals surface area contributed by atoms with Gasteiger partial charge in [0.15, 0.2) is 10.9 Å². The first-order chi connectivity index (χ1) is 10.4. The molecule has 0 aliphatic rings. The van der Waals surface area contributed by atoms with Crippen LogP contribution in [0.4, 0.5) is 11.5 Å². The number of H-pyrrole nitrogens is 1. The maximum atomic E-state index is 11.8. The molecular formula is C14H14N4O3S. The molecule has 1 amide bonds. The van der Waals surface area contributed by atoms with E-state index in [2.05, 4.69) is 15.3 Å². The van der Waals surface area contributed by atoms with Crippen LogP contribution < -0.4 is 16.6 Å². The lowest BCUT2D eigenvalue weighted by molar-refractivity contribution is -0.113. The summed E-state index contributed by atoms with van der Waals surface area (Å²) in [6.07, 6.45) is 0. The molecule has 114 valence electrons. The molecule has 0 radical (unpaired) electrons. The molecule has 4 N–H and O–H groups in total. The number of anilines is 2. The maximum Gasteiger partial charge on any atom is 0.253 e. The third kappa shape index (κ3) is 4.45. The van der Waals surface area contributed by atoms with Crippen molar-refractivity contribution in [2.45, 2.75) is 12.1 Å². The van der Waals surface area contributed by atoms with Gasteiger partial charge >= 0.3 is 0 Å². The number of nitrogen functional groups attached to an aromatic ring is 1. The van der Waals surface area contributed by atoms with Crippen molar-refractivity contribution in [1.29, 1.82) is 0 Å². The van der Waals surface area contributed by atoms with Gasteiger partial charge in [0.05, 0.1) is 5.75 Å². The fourth-order valence-electron chi connectivity index (χ4n) is 1.64. The zero-order valence-electron chi connectivity index (χ0n) is 11.8. The standard InChI is InChI=1S/C14H14N4O3S/c1-8(19)9-2-4-10(5-3-9)16-13(21)7-22-14-17-11(15)6-12(20)18-14/h2-6H,7H2,1H3,(H,16,21)(H3,15,17,18,20). The van der Waals surface area contributed by atoms with Crippen molar-refractivity contribution >= 4 is 35.0 Å². The first kappa shape index (κ1) is 15.8. The molecule has 0 spiro atoms. The van der Waals surface area contributed by atoms with Crippen LogP contribution in [-0.4, -0.2) is 27.4 Å². The molecule has 22 heavy (non-hydrogen) atoms. The van der Waals surface area contributed by atoms with Crippen molar-refractivity contribution in [1.82, 2.24) is 9.97 Å². The summed E-state index contributed by atoms with van der Waals surface area (Å²) in [6, 6.07) is 7.75. The summed E-state index contributed by atoms with van der Waals surface area (Å²) in [7, 11) is 0. The van der Waals surface area contributed by atoms with Gasteiger partial charge in [0.1, 0.15) is 5.82 Å². The summed E-state index contributed by atoms with van der Waals surface area (Å²) >= 11 is 1.07. The van der Waals surface area contributed by atoms with Gasteiger partial charge in [0.25, 0.3) is 5.56 Å². The number of amides is 1. The van der Waals surface area contributed by atoms with Crippen molar-refractivity contribution in [3.05, 3.63) is 46.2 Å². The number of aromatic amines is 1. The van der Waals surface area contributed by atoms with Crippen LogP contribution in [-0.2, 0) is 4.79 Å². The van der Waals surface area contributed by atoms with Crippen LogP contribution in [0.2, 0.25) is 0 Å². The summed E-state index contributed by atoms with van der Waals surface area (Å²) in [4.78, 5) is 40.6. The Hall–Kier alpha value is -2.61. The van der Waals surface area contributed by atoms with Crippen molar-refractivity contribution in [3.8, 4) is 0 Å². The molecule has 2 rings (SSSR count). The molecule has 0 unspecified atom stereocenters. The van der Waals surface area contributed by atoms with Gasteiger partial charge in [-0.25, -0.2) is 4.98 Å². The Kier molecular flexibility index (Phi) is 4.95. The number of aromatic nitrogens is 2. The fraction of sp³-hybridized carbons (Fsp3) is 0.143. The fourth-order valence-corrected chi connectivity index (χ4v) is 2.32. The summed E-state index contributed by atoms with van der Waals surface area (Å²) in [5.41, 5.74) is 6.26. The highest BCUT2D eigenvalue weighted by molar-refractivity contribution is 7.99. The van der Waals surface area contributed by atoms with Crippen LogP contribution in [0.3, 0.4) is 0 Å². The van der Waals surface area contributed by atoms with Crippen LogP contribution in [0.1, 0.15) is 17.3 Å². The lowest BCUT2D eigenvalue weighted by atomic mass is 10.1. The highest BCUT2D eigenvalue weighted by Crippen LogP contribution is 2.14. The van der Waals surface area contributed by atoms with Gasteiger partial charge < -0.3 is 16.0 Å². The topological polar surface area (TPSA) is 118 Å². The highest BCUT2D eigenvalue weighted by atomic mass is 32.2. The van der Waals surface area contributed by atoms with Crippen molar-refractivity contribution < 1.29 is 9.59 Å². The first-order valence-corrected chi connectivity index (χ1v) is 7.33. The van der Waals surface area contributed by atoms with E-state index < -0.39 is 0 Å². The highest BCUT2D eigenvalue weighted by Gasteiger charge is 2.07. The zero-order chi connectivity index (χ0) is 16.1. The van der Waals surface area contributed by atoms with Crippen LogP contribution in [0.25, 0.3) is 0 Å². The molecule has 0 aliphatic heterocycles. The minimum Gasteiger partial charge on any atom is -0.383 e. The van der Waals surface area contributed by atoms with E-state index in [0.717, 1.165) is 11.8 Å². The Morgan fingerprint density at radius 1 is 1.32 bits per heavy atom. The number of hydrogen-bond acceptors (Lipinski definition) is 6. The van der Waals surface area contributed by atoms with E-state index in [9.17, 15) is 14.4 Å². The van der Waals surface area contributed by atoms with E-state index in [1.54, 1.807) is 24.3 Å². The number of carbonyl (C=O) groups excluding carboxylic acids is 2. The predicted molar refractivity (Wildman–Crippen MR) is 85.1 cm³/mol. The molecule has 7 nitrogen and oxygen atoms in total. The van der Waals surface area contributed by atoms with Gasteiger partial charge in [0, 0.05) is 17.3 Å². The minimum atomic E-state index is -0.366. The Bertz CT molecular complexity index is 755. The SMILES string of the molecule is CC(=O)c1ccc(NC(=O)CSc2nc(N)cc(=O)[nH]2)cc1. The molecule has 0 aliphatic carbocycles. The quantitative estimate of drug-likeness (QED) is 0.434. The van der Waals surface area contributed by atoms with E-state index >= 15 is 0 Å². The lowest BCUT2D eigenvalue weighted by Gasteiger charge is -2.05.